The van der Waals surface area contributed by atoms with Crippen LogP contribution in [-0.2, 0) is 0 Å². The number of hydrogen-bond acceptors (Lipinski definition) is 4. The summed E-state index contributed by atoms with van der Waals surface area (Å²) in [6.45, 7) is 6.16. The molecular weight excluding hydrogens is 232 g/mol. The molecule has 0 heterocycles. The Kier molecular flexibility index (Phi) is 4.81. The fraction of sp³-hybridized carbons (Fsp3) is 0.538. The van der Waals surface area contributed by atoms with Gasteiger partial charge in [0.25, 0.3) is 5.69 Å². The molecule has 0 aliphatic carbocycles. The highest BCUT2D eigenvalue weighted by atomic mass is 16.6. The van der Waals surface area contributed by atoms with Crippen molar-refractivity contribution in [3.8, 4) is 0 Å². The Balaban J connectivity index is 2.62. The van der Waals surface area contributed by atoms with Crippen LogP contribution in [0.25, 0.3) is 0 Å². The molecule has 0 amide bonds. The zero-order valence-electron chi connectivity index (χ0n) is 11.0. The van der Waals surface area contributed by atoms with Gasteiger partial charge in [-0.25, -0.2) is 0 Å². The monoisotopic (exact) mass is 252 g/mol. The second-order valence-corrected chi connectivity index (χ2v) is 4.80. The summed E-state index contributed by atoms with van der Waals surface area (Å²) in [4.78, 5) is 10.1. The van der Waals surface area contributed by atoms with Crippen molar-refractivity contribution < 1.29 is 10.0 Å². The lowest BCUT2D eigenvalue weighted by atomic mass is 10.0. The normalized spacial score (nSPS) is 16.0. The number of nitro groups is 1. The molecule has 0 fully saturated rings. The smallest absolute Gasteiger partial charge is 0.269 e. The second kappa shape index (κ2) is 5.93. The van der Waals surface area contributed by atoms with Crippen LogP contribution in [0.4, 0.5) is 5.69 Å². The Morgan fingerprint density at radius 2 is 2.00 bits per heavy atom. The van der Waals surface area contributed by atoms with Crippen molar-refractivity contribution in [3.05, 3.63) is 39.9 Å². The van der Waals surface area contributed by atoms with Gasteiger partial charge in [-0.3, -0.25) is 10.1 Å². The maximum absolute atomic E-state index is 10.5. The maximum Gasteiger partial charge on any atom is 0.269 e. The van der Waals surface area contributed by atoms with E-state index in [-0.39, 0.29) is 11.7 Å². The van der Waals surface area contributed by atoms with E-state index in [1.807, 2.05) is 13.8 Å². The van der Waals surface area contributed by atoms with Gasteiger partial charge in [0, 0.05) is 24.7 Å². The molecule has 5 heteroatoms. The summed E-state index contributed by atoms with van der Waals surface area (Å²) < 4.78 is 0. The minimum Gasteiger partial charge on any atom is -0.389 e. The third-order valence-corrected chi connectivity index (χ3v) is 3.15. The molecule has 1 rings (SSSR count). The molecule has 1 aromatic rings. The van der Waals surface area contributed by atoms with Gasteiger partial charge in [-0.1, -0.05) is 19.1 Å². The van der Waals surface area contributed by atoms with Crippen LogP contribution in [-0.4, -0.2) is 22.2 Å². The summed E-state index contributed by atoms with van der Waals surface area (Å²) in [7, 11) is 0. The van der Waals surface area contributed by atoms with Gasteiger partial charge in [0.2, 0.25) is 0 Å². The average Bonchev–Trinajstić information content (AvgIpc) is 2.36. The van der Waals surface area contributed by atoms with Crippen LogP contribution < -0.4 is 5.32 Å². The van der Waals surface area contributed by atoms with E-state index in [2.05, 4.69) is 5.32 Å². The molecule has 2 atom stereocenters. The van der Waals surface area contributed by atoms with Crippen molar-refractivity contribution in [2.75, 3.05) is 6.54 Å². The molecule has 0 bridgehead atoms. The van der Waals surface area contributed by atoms with Gasteiger partial charge in [0.1, 0.15) is 0 Å². The van der Waals surface area contributed by atoms with E-state index in [9.17, 15) is 15.2 Å². The highest BCUT2D eigenvalue weighted by molar-refractivity contribution is 5.34. The second-order valence-electron chi connectivity index (χ2n) is 4.80. The number of nitro benzene ring substituents is 1. The van der Waals surface area contributed by atoms with Crippen LogP contribution >= 0.6 is 0 Å². The molecule has 0 radical (unpaired) electrons. The molecule has 5 nitrogen and oxygen atoms in total. The van der Waals surface area contributed by atoms with Crippen LogP contribution in [0, 0.1) is 10.1 Å². The van der Waals surface area contributed by atoms with Gasteiger partial charge in [-0.15, -0.1) is 0 Å². The predicted octanol–water partition coefficient (Wildman–Crippen LogP) is 2.41. The zero-order chi connectivity index (χ0) is 13.8. The van der Waals surface area contributed by atoms with Crippen molar-refractivity contribution in [2.45, 2.75) is 38.8 Å². The fourth-order valence-electron chi connectivity index (χ4n) is 1.50. The van der Waals surface area contributed by atoms with E-state index in [1.165, 1.54) is 12.1 Å². The molecular formula is C13H20N2O3. The van der Waals surface area contributed by atoms with Gasteiger partial charge < -0.3 is 10.4 Å². The Hall–Kier alpha value is -1.46. The third kappa shape index (κ3) is 4.09. The minimum atomic E-state index is -0.727. The van der Waals surface area contributed by atoms with E-state index in [4.69, 9.17) is 0 Å². The van der Waals surface area contributed by atoms with E-state index < -0.39 is 10.5 Å². The largest absolute Gasteiger partial charge is 0.389 e. The first-order valence-electron chi connectivity index (χ1n) is 6.06. The highest BCUT2D eigenvalue weighted by Gasteiger charge is 2.18. The van der Waals surface area contributed by atoms with Gasteiger partial charge in [-0.05, 0) is 25.8 Å². The summed E-state index contributed by atoms with van der Waals surface area (Å²) in [6.07, 6.45) is 0.674. The van der Waals surface area contributed by atoms with E-state index in [1.54, 1.807) is 19.1 Å². The Labute approximate surface area is 107 Å². The molecule has 2 unspecified atom stereocenters. The lowest BCUT2D eigenvalue weighted by Crippen LogP contribution is -2.38. The molecule has 0 aliphatic heterocycles. The van der Waals surface area contributed by atoms with Crippen molar-refractivity contribution >= 4 is 5.69 Å². The van der Waals surface area contributed by atoms with Gasteiger partial charge >= 0.3 is 0 Å². The summed E-state index contributed by atoms with van der Waals surface area (Å²) in [5.41, 5.74) is 0.327. The van der Waals surface area contributed by atoms with Crippen LogP contribution in [0.1, 0.15) is 38.8 Å². The molecule has 18 heavy (non-hydrogen) atoms. The highest BCUT2D eigenvalue weighted by Crippen LogP contribution is 2.18. The quantitative estimate of drug-likeness (QED) is 0.602. The van der Waals surface area contributed by atoms with Crippen molar-refractivity contribution in [2.24, 2.45) is 0 Å². The molecule has 0 aromatic heterocycles. The van der Waals surface area contributed by atoms with E-state index >= 15 is 0 Å². The summed E-state index contributed by atoms with van der Waals surface area (Å²) in [5.74, 6) is 0. The van der Waals surface area contributed by atoms with E-state index in [0.29, 0.717) is 13.0 Å². The van der Waals surface area contributed by atoms with Gasteiger partial charge in [0.05, 0.1) is 10.5 Å². The standard InChI is InChI=1S/C13H20N2O3/c1-4-13(3,16)9-14-10(2)11-5-7-12(8-6-11)15(17)18/h5-8,10,14,16H,4,9H2,1-3H3. The minimum absolute atomic E-state index is 0.0452. The molecule has 0 aliphatic rings. The fourth-order valence-corrected chi connectivity index (χ4v) is 1.50. The Bertz CT molecular complexity index is 401. The third-order valence-electron chi connectivity index (χ3n) is 3.15. The van der Waals surface area contributed by atoms with Crippen molar-refractivity contribution in [3.63, 3.8) is 0 Å². The average molecular weight is 252 g/mol. The van der Waals surface area contributed by atoms with Crippen LogP contribution in [0.5, 0.6) is 0 Å². The van der Waals surface area contributed by atoms with E-state index in [0.717, 1.165) is 5.56 Å². The summed E-state index contributed by atoms with van der Waals surface area (Å²) >= 11 is 0. The first-order chi connectivity index (χ1) is 8.35. The SMILES string of the molecule is CCC(C)(O)CNC(C)c1ccc([N+](=O)[O-])cc1. The lowest BCUT2D eigenvalue weighted by Gasteiger charge is -2.24. The van der Waals surface area contributed by atoms with Gasteiger partial charge in [0.15, 0.2) is 0 Å². The number of nitrogens with one attached hydrogen (secondary N) is 1. The number of nitrogens with zero attached hydrogens (tertiary/aromatic N) is 1. The number of hydrogen-bond donors (Lipinski definition) is 2. The molecule has 100 valence electrons. The first kappa shape index (κ1) is 14.6. The molecule has 1 aromatic carbocycles. The molecule has 0 saturated carbocycles. The topological polar surface area (TPSA) is 75.4 Å². The number of benzene rings is 1. The van der Waals surface area contributed by atoms with Crippen molar-refractivity contribution in [1.82, 2.24) is 5.32 Å². The Morgan fingerprint density at radius 3 is 2.44 bits per heavy atom. The van der Waals surface area contributed by atoms with Crippen molar-refractivity contribution in [1.29, 1.82) is 0 Å². The first-order valence-corrected chi connectivity index (χ1v) is 6.06. The number of rotatable bonds is 6. The van der Waals surface area contributed by atoms with Crippen LogP contribution in [0.2, 0.25) is 0 Å². The molecule has 0 saturated heterocycles. The molecule has 2 N–H and O–H groups in total. The predicted molar refractivity (Wildman–Crippen MR) is 70.4 cm³/mol. The summed E-state index contributed by atoms with van der Waals surface area (Å²) in [5, 5.41) is 23.6. The van der Waals surface area contributed by atoms with Crippen LogP contribution in [0.3, 0.4) is 0 Å². The maximum atomic E-state index is 10.5. The summed E-state index contributed by atoms with van der Waals surface area (Å²) in [6, 6.07) is 6.49. The lowest BCUT2D eigenvalue weighted by molar-refractivity contribution is -0.384. The number of aliphatic hydroxyl groups is 1. The zero-order valence-corrected chi connectivity index (χ0v) is 11.0. The molecule has 0 spiro atoms. The Morgan fingerprint density at radius 1 is 1.44 bits per heavy atom. The van der Waals surface area contributed by atoms with Crippen LogP contribution in [0.15, 0.2) is 24.3 Å². The number of non-ortho nitro benzene ring substituents is 1. The van der Waals surface area contributed by atoms with Gasteiger partial charge in [-0.2, -0.15) is 0 Å².